The number of nitrogen functional groups attached to an aromatic ring is 1. The lowest BCUT2D eigenvalue weighted by molar-refractivity contribution is 0.628. The van der Waals surface area contributed by atoms with Crippen LogP contribution in [0.25, 0.3) is 22.2 Å². The molecule has 0 saturated carbocycles. The topological polar surface area (TPSA) is 51.8 Å². The second-order valence-corrected chi connectivity index (χ2v) is 3.98. The predicted octanol–water partition coefficient (Wildman–Crippen LogP) is 3.02. The Morgan fingerprint density at radius 1 is 1.06 bits per heavy atom. The highest BCUT2D eigenvalue weighted by Gasteiger charge is 2.07. The summed E-state index contributed by atoms with van der Waals surface area (Å²) in [6, 6.07) is 11.9. The van der Waals surface area contributed by atoms with Crippen molar-refractivity contribution >= 4 is 16.9 Å². The number of nitrogens with two attached hydrogens (primary N) is 1. The minimum Gasteiger partial charge on any atom is -0.383 e. The number of benzene rings is 1. The number of aromatic nitrogens is 2. The van der Waals surface area contributed by atoms with Crippen molar-refractivity contribution in [1.29, 1.82) is 0 Å². The molecule has 0 atom stereocenters. The zero-order valence-corrected chi connectivity index (χ0v) is 9.47. The molecule has 0 unspecified atom stereocenters. The first kappa shape index (κ1) is 10.7. The summed E-state index contributed by atoms with van der Waals surface area (Å²) in [6.07, 6.45) is 1.66. The number of hydrogen-bond donors (Lipinski definition) is 1. The average Bonchev–Trinajstić information content (AvgIpc) is 2.38. The molecule has 0 aliphatic heterocycles. The number of pyridine rings is 2. The van der Waals surface area contributed by atoms with Crippen molar-refractivity contribution in [3.63, 3.8) is 0 Å². The highest BCUT2D eigenvalue weighted by atomic mass is 19.1. The fraction of sp³-hybridized carbons (Fsp3) is 0. The van der Waals surface area contributed by atoms with Gasteiger partial charge in [0.25, 0.3) is 0 Å². The van der Waals surface area contributed by atoms with Crippen LogP contribution in [0, 0.1) is 5.82 Å². The summed E-state index contributed by atoms with van der Waals surface area (Å²) in [5.74, 6) is 0.0602. The van der Waals surface area contributed by atoms with Crippen LogP contribution in [0.5, 0.6) is 0 Å². The quantitative estimate of drug-likeness (QED) is 0.710. The lowest BCUT2D eigenvalue weighted by atomic mass is 10.1. The highest BCUT2D eigenvalue weighted by Crippen LogP contribution is 2.27. The van der Waals surface area contributed by atoms with Crippen LogP contribution in [0.1, 0.15) is 0 Å². The van der Waals surface area contributed by atoms with E-state index in [0.717, 1.165) is 10.9 Å². The Hall–Kier alpha value is -2.49. The Morgan fingerprint density at radius 3 is 2.78 bits per heavy atom. The molecule has 0 aliphatic rings. The number of anilines is 1. The normalized spacial score (nSPS) is 10.7. The van der Waals surface area contributed by atoms with Crippen LogP contribution < -0.4 is 5.73 Å². The second-order valence-electron chi connectivity index (χ2n) is 3.98. The monoisotopic (exact) mass is 239 g/mol. The van der Waals surface area contributed by atoms with Crippen molar-refractivity contribution in [2.24, 2.45) is 0 Å². The zero-order valence-electron chi connectivity index (χ0n) is 9.47. The SMILES string of the molecule is Nc1nc2ncccc2cc1-c1cccc(F)c1. The molecule has 1 aromatic carbocycles. The molecule has 2 heterocycles. The summed E-state index contributed by atoms with van der Waals surface area (Å²) < 4.78 is 13.2. The van der Waals surface area contributed by atoms with E-state index in [0.29, 0.717) is 17.0 Å². The highest BCUT2D eigenvalue weighted by molar-refractivity contribution is 5.86. The van der Waals surface area contributed by atoms with Gasteiger partial charge >= 0.3 is 0 Å². The summed E-state index contributed by atoms with van der Waals surface area (Å²) >= 11 is 0. The maximum atomic E-state index is 13.2. The Balaban J connectivity index is 2.26. The fourth-order valence-corrected chi connectivity index (χ4v) is 1.91. The molecule has 0 spiro atoms. The van der Waals surface area contributed by atoms with Crippen molar-refractivity contribution in [2.45, 2.75) is 0 Å². The smallest absolute Gasteiger partial charge is 0.161 e. The van der Waals surface area contributed by atoms with Gasteiger partial charge in [0.2, 0.25) is 0 Å². The molecule has 0 aliphatic carbocycles. The van der Waals surface area contributed by atoms with E-state index >= 15 is 0 Å². The molecule has 3 nitrogen and oxygen atoms in total. The van der Waals surface area contributed by atoms with E-state index in [9.17, 15) is 4.39 Å². The second kappa shape index (κ2) is 4.07. The fourth-order valence-electron chi connectivity index (χ4n) is 1.91. The Labute approximate surface area is 103 Å². The molecule has 0 amide bonds. The summed E-state index contributed by atoms with van der Waals surface area (Å²) in [5.41, 5.74) is 7.92. The van der Waals surface area contributed by atoms with E-state index in [-0.39, 0.29) is 5.82 Å². The van der Waals surface area contributed by atoms with Crippen molar-refractivity contribution in [2.75, 3.05) is 5.73 Å². The Bertz CT molecular complexity index is 725. The first-order valence-corrected chi connectivity index (χ1v) is 5.51. The lowest BCUT2D eigenvalue weighted by Crippen LogP contribution is -1.96. The molecular weight excluding hydrogens is 229 g/mol. The average molecular weight is 239 g/mol. The molecule has 2 aromatic heterocycles. The van der Waals surface area contributed by atoms with Crippen LogP contribution in [0.2, 0.25) is 0 Å². The van der Waals surface area contributed by atoms with Gasteiger partial charge in [-0.2, -0.15) is 0 Å². The number of rotatable bonds is 1. The van der Waals surface area contributed by atoms with Gasteiger partial charge in [0.15, 0.2) is 5.65 Å². The number of fused-ring (bicyclic) bond motifs is 1. The van der Waals surface area contributed by atoms with Crippen LogP contribution in [0.3, 0.4) is 0 Å². The van der Waals surface area contributed by atoms with Crippen LogP contribution in [-0.2, 0) is 0 Å². The first-order chi connectivity index (χ1) is 8.74. The third-order valence-electron chi connectivity index (χ3n) is 2.75. The maximum Gasteiger partial charge on any atom is 0.161 e. The van der Waals surface area contributed by atoms with E-state index in [2.05, 4.69) is 9.97 Å². The molecule has 18 heavy (non-hydrogen) atoms. The van der Waals surface area contributed by atoms with Gasteiger partial charge in [-0.1, -0.05) is 12.1 Å². The van der Waals surface area contributed by atoms with Crippen LogP contribution in [-0.4, -0.2) is 9.97 Å². The largest absolute Gasteiger partial charge is 0.383 e. The molecule has 4 heteroatoms. The Morgan fingerprint density at radius 2 is 1.94 bits per heavy atom. The number of halogens is 1. The van der Waals surface area contributed by atoms with E-state index in [1.807, 2.05) is 18.2 Å². The van der Waals surface area contributed by atoms with Gasteiger partial charge in [0, 0.05) is 17.1 Å². The minimum atomic E-state index is -0.293. The van der Waals surface area contributed by atoms with E-state index < -0.39 is 0 Å². The van der Waals surface area contributed by atoms with Gasteiger partial charge < -0.3 is 5.73 Å². The van der Waals surface area contributed by atoms with E-state index in [1.54, 1.807) is 18.3 Å². The predicted molar refractivity (Wildman–Crippen MR) is 69.3 cm³/mol. The molecule has 3 aromatic rings. The standard InChI is InChI=1S/C14H10FN3/c15-11-5-1-3-9(7-11)12-8-10-4-2-6-17-14(10)18-13(12)16/h1-8H,(H2,16,17,18). The van der Waals surface area contributed by atoms with Crippen LogP contribution in [0.4, 0.5) is 10.2 Å². The maximum absolute atomic E-state index is 13.2. The zero-order chi connectivity index (χ0) is 12.5. The lowest BCUT2D eigenvalue weighted by Gasteiger charge is -2.06. The first-order valence-electron chi connectivity index (χ1n) is 5.51. The molecule has 3 rings (SSSR count). The number of nitrogens with zero attached hydrogens (tertiary/aromatic N) is 2. The van der Waals surface area contributed by atoms with Crippen molar-refractivity contribution < 1.29 is 4.39 Å². The van der Waals surface area contributed by atoms with Gasteiger partial charge in [-0.15, -0.1) is 0 Å². The summed E-state index contributed by atoms with van der Waals surface area (Å²) in [4.78, 5) is 8.36. The summed E-state index contributed by atoms with van der Waals surface area (Å²) in [5, 5.41) is 0.881. The van der Waals surface area contributed by atoms with Crippen molar-refractivity contribution in [1.82, 2.24) is 9.97 Å². The van der Waals surface area contributed by atoms with Crippen molar-refractivity contribution in [3.05, 3.63) is 54.5 Å². The molecule has 0 bridgehead atoms. The van der Waals surface area contributed by atoms with Gasteiger partial charge in [-0.05, 0) is 35.9 Å². The number of hydrogen-bond acceptors (Lipinski definition) is 3. The third-order valence-corrected chi connectivity index (χ3v) is 2.75. The molecular formula is C14H10FN3. The van der Waals surface area contributed by atoms with E-state index in [1.165, 1.54) is 12.1 Å². The minimum absolute atomic E-state index is 0.293. The van der Waals surface area contributed by atoms with Gasteiger partial charge in [-0.3, -0.25) is 0 Å². The third kappa shape index (κ3) is 1.78. The summed E-state index contributed by atoms with van der Waals surface area (Å²) in [6.45, 7) is 0. The molecule has 2 N–H and O–H groups in total. The summed E-state index contributed by atoms with van der Waals surface area (Å²) in [7, 11) is 0. The van der Waals surface area contributed by atoms with Gasteiger partial charge in [-0.25, -0.2) is 14.4 Å². The van der Waals surface area contributed by atoms with Crippen LogP contribution >= 0.6 is 0 Å². The van der Waals surface area contributed by atoms with E-state index in [4.69, 9.17) is 5.73 Å². The van der Waals surface area contributed by atoms with Gasteiger partial charge in [0.05, 0.1) is 0 Å². The molecule has 0 fully saturated rings. The van der Waals surface area contributed by atoms with Crippen molar-refractivity contribution in [3.8, 4) is 11.1 Å². The molecule has 0 radical (unpaired) electrons. The Kier molecular flexibility index (Phi) is 2.41. The molecule has 88 valence electrons. The van der Waals surface area contributed by atoms with Gasteiger partial charge in [0.1, 0.15) is 11.6 Å². The molecule has 0 saturated heterocycles. The van der Waals surface area contributed by atoms with Crippen LogP contribution in [0.15, 0.2) is 48.7 Å².